The molecule has 0 saturated carbocycles. The van der Waals surface area contributed by atoms with Crippen LogP contribution in [0.1, 0.15) is 16.8 Å². The molecule has 1 aliphatic rings. The Hall–Kier alpha value is -1.63. The van der Waals surface area contributed by atoms with Crippen LogP contribution < -0.4 is 10.3 Å². The summed E-state index contributed by atoms with van der Waals surface area (Å²) in [6, 6.07) is 5.73. The number of nitrogens with one attached hydrogen (secondary N) is 2. The Morgan fingerprint density at radius 1 is 1.41 bits per heavy atom. The Bertz CT molecular complexity index is 815. The van der Waals surface area contributed by atoms with Gasteiger partial charge in [0.15, 0.2) is 4.77 Å². The molecule has 1 aliphatic heterocycles. The third kappa shape index (κ3) is 2.95. The van der Waals surface area contributed by atoms with Crippen LogP contribution in [-0.2, 0) is 19.5 Å². The van der Waals surface area contributed by atoms with Crippen LogP contribution in [0.5, 0.6) is 5.75 Å². The second kappa shape index (κ2) is 6.24. The number of nitrogens with zero attached hydrogens (tertiary/aromatic N) is 1. The summed E-state index contributed by atoms with van der Waals surface area (Å²) in [5, 5.41) is 0.622. The molecule has 5 nitrogen and oxygen atoms in total. The van der Waals surface area contributed by atoms with E-state index in [-0.39, 0.29) is 5.56 Å². The van der Waals surface area contributed by atoms with Crippen LogP contribution in [0.25, 0.3) is 0 Å². The Kier molecular flexibility index (Phi) is 4.33. The molecule has 3 rings (SSSR count). The maximum atomic E-state index is 12.0. The van der Waals surface area contributed by atoms with E-state index in [1.54, 1.807) is 7.11 Å². The summed E-state index contributed by atoms with van der Waals surface area (Å²) in [4.78, 5) is 19.9. The lowest BCUT2D eigenvalue weighted by Gasteiger charge is -2.28. The van der Waals surface area contributed by atoms with Crippen molar-refractivity contribution in [3.05, 3.63) is 55.2 Å². The molecule has 0 unspecified atom stereocenters. The number of halogens is 1. The van der Waals surface area contributed by atoms with Gasteiger partial charge in [0.05, 0.1) is 17.7 Å². The minimum Gasteiger partial charge on any atom is -0.495 e. The van der Waals surface area contributed by atoms with Crippen molar-refractivity contribution in [3.8, 4) is 5.75 Å². The number of aromatic nitrogens is 2. The second-order valence-electron chi connectivity index (χ2n) is 5.26. The molecule has 0 spiro atoms. The highest BCUT2D eigenvalue weighted by atomic mass is 35.5. The predicted molar refractivity (Wildman–Crippen MR) is 88.1 cm³/mol. The summed E-state index contributed by atoms with van der Waals surface area (Å²) in [6.07, 6.45) is 0.768. The second-order valence-corrected chi connectivity index (χ2v) is 6.05. The lowest BCUT2D eigenvalue weighted by molar-refractivity contribution is 0.241. The Morgan fingerprint density at radius 3 is 3.00 bits per heavy atom. The molecule has 0 saturated heterocycles. The first kappa shape index (κ1) is 15.3. The van der Waals surface area contributed by atoms with Gasteiger partial charge < -0.3 is 9.72 Å². The van der Waals surface area contributed by atoms with Gasteiger partial charge in [0.2, 0.25) is 0 Å². The standard InChI is InChI=1S/C15H16ClN3O2S/c1-21-12-4-2-3-9(13(12)16)7-19-6-5-11-10(8-19)14(20)18-15(22)17-11/h2-4H,5-8H2,1H3,(H2,17,18,20,22). The molecular formula is C15H16ClN3O2S. The molecule has 116 valence electrons. The normalized spacial score (nSPS) is 14.6. The van der Waals surface area contributed by atoms with Crippen molar-refractivity contribution in [2.45, 2.75) is 19.5 Å². The summed E-state index contributed by atoms with van der Waals surface area (Å²) in [5.74, 6) is 0.665. The van der Waals surface area contributed by atoms with Crippen molar-refractivity contribution in [1.29, 1.82) is 0 Å². The molecule has 2 N–H and O–H groups in total. The van der Waals surface area contributed by atoms with Crippen molar-refractivity contribution in [1.82, 2.24) is 14.9 Å². The fraction of sp³-hybridized carbons (Fsp3) is 0.333. The largest absolute Gasteiger partial charge is 0.495 e. The smallest absolute Gasteiger partial charge is 0.256 e. The number of ether oxygens (including phenoxy) is 1. The highest BCUT2D eigenvalue weighted by Crippen LogP contribution is 2.29. The van der Waals surface area contributed by atoms with Gasteiger partial charge in [-0.1, -0.05) is 23.7 Å². The molecule has 2 aromatic rings. The highest BCUT2D eigenvalue weighted by molar-refractivity contribution is 7.71. The molecule has 1 aromatic carbocycles. The van der Waals surface area contributed by atoms with E-state index in [9.17, 15) is 4.79 Å². The van der Waals surface area contributed by atoms with Crippen molar-refractivity contribution in [3.63, 3.8) is 0 Å². The number of benzene rings is 1. The first-order chi connectivity index (χ1) is 10.6. The van der Waals surface area contributed by atoms with Crippen LogP contribution in [0.2, 0.25) is 5.02 Å². The molecule has 0 atom stereocenters. The minimum absolute atomic E-state index is 0.111. The van der Waals surface area contributed by atoms with Crippen LogP contribution in [0, 0.1) is 4.77 Å². The van der Waals surface area contributed by atoms with E-state index in [0.717, 1.165) is 29.8 Å². The number of methoxy groups -OCH3 is 1. The first-order valence-corrected chi connectivity index (χ1v) is 7.75. The van der Waals surface area contributed by atoms with Gasteiger partial charge in [0, 0.05) is 31.7 Å². The van der Waals surface area contributed by atoms with E-state index in [1.807, 2.05) is 18.2 Å². The Balaban J connectivity index is 1.84. The van der Waals surface area contributed by atoms with Gasteiger partial charge >= 0.3 is 0 Å². The summed E-state index contributed by atoms with van der Waals surface area (Å²) in [7, 11) is 1.60. The van der Waals surface area contributed by atoms with E-state index < -0.39 is 0 Å². The molecule has 0 amide bonds. The van der Waals surface area contributed by atoms with Crippen molar-refractivity contribution < 1.29 is 4.74 Å². The maximum absolute atomic E-state index is 12.0. The zero-order valence-corrected chi connectivity index (χ0v) is 13.7. The zero-order chi connectivity index (χ0) is 15.7. The van der Waals surface area contributed by atoms with Crippen LogP contribution in [0.15, 0.2) is 23.0 Å². The third-order valence-corrected chi connectivity index (χ3v) is 4.48. The highest BCUT2D eigenvalue weighted by Gasteiger charge is 2.20. The van der Waals surface area contributed by atoms with E-state index >= 15 is 0 Å². The first-order valence-electron chi connectivity index (χ1n) is 6.96. The molecule has 0 radical (unpaired) electrons. The lowest BCUT2D eigenvalue weighted by atomic mass is 10.1. The van der Waals surface area contributed by atoms with E-state index in [2.05, 4.69) is 14.9 Å². The van der Waals surface area contributed by atoms with E-state index in [0.29, 0.717) is 28.6 Å². The maximum Gasteiger partial charge on any atom is 0.256 e. The monoisotopic (exact) mass is 337 g/mol. The number of H-pyrrole nitrogens is 2. The van der Waals surface area contributed by atoms with Crippen molar-refractivity contribution >= 4 is 23.8 Å². The summed E-state index contributed by atoms with van der Waals surface area (Å²) in [6.45, 7) is 2.09. The van der Waals surface area contributed by atoms with Gasteiger partial charge in [0.25, 0.3) is 5.56 Å². The molecule has 0 bridgehead atoms. The topological polar surface area (TPSA) is 61.1 Å². The van der Waals surface area contributed by atoms with Gasteiger partial charge in [0.1, 0.15) is 5.75 Å². The SMILES string of the molecule is COc1cccc(CN2CCc3[nH]c(=S)[nH]c(=O)c3C2)c1Cl. The quantitative estimate of drug-likeness (QED) is 0.845. The number of hydrogen-bond donors (Lipinski definition) is 2. The van der Waals surface area contributed by atoms with Gasteiger partial charge in [-0.3, -0.25) is 14.7 Å². The van der Waals surface area contributed by atoms with Crippen LogP contribution >= 0.6 is 23.8 Å². The summed E-state index contributed by atoms with van der Waals surface area (Å²) >= 11 is 11.3. The van der Waals surface area contributed by atoms with Crippen LogP contribution in [-0.4, -0.2) is 28.5 Å². The number of rotatable bonds is 3. The summed E-state index contributed by atoms with van der Waals surface area (Å²) < 4.78 is 5.62. The number of hydrogen-bond acceptors (Lipinski definition) is 4. The Labute approximate surface area is 137 Å². The number of aromatic amines is 2. The van der Waals surface area contributed by atoms with Gasteiger partial charge in [-0.05, 0) is 23.8 Å². The average Bonchev–Trinajstić information content (AvgIpc) is 2.50. The van der Waals surface area contributed by atoms with E-state index in [1.165, 1.54) is 0 Å². The molecule has 22 heavy (non-hydrogen) atoms. The molecular weight excluding hydrogens is 322 g/mol. The summed E-state index contributed by atoms with van der Waals surface area (Å²) in [5.41, 5.74) is 2.56. The molecule has 0 fully saturated rings. The van der Waals surface area contributed by atoms with Gasteiger partial charge in [-0.15, -0.1) is 0 Å². The molecule has 1 aromatic heterocycles. The predicted octanol–water partition coefficient (Wildman–Crippen LogP) is 2.65. The van der Waals surface area contributed by atoms with Crippen molar-refractivity contribution in [2.75, 3.05) is 13.7 Å². The average molecular weight is 338 g/mol. The molecule has 0 aliphatic carbocycles. The van der Waals surface area contributed by atoms with Gasteiger partial charge in [-0.25, -0.2) is 0 Å². The molecule has 7 heteroatoms. The third-order valence-electron chi connectivity index (χ3n) is 3.85. The number of fused-ring (bicyclic) bond motifs is 1. The van der Waals surface area contributed by atoms with E-state index in [4.69, 9.17) is 28.6 Å². The van der Waals surface area contributed by atoms with Crippen molar-refractivity contribution in [2.24, 2.45) is 0 Å². The zero-order valence-electron chi connectivity index (χ0n) is 12.1. The van der Waals surface area contributed by atoms with Crippen LogP contribution in [0.4, 0.5) is 0 Å². The molecule has 2 heterocycles. The van der Waals surface area contributed by atoms with Crippen LogP contribution in [0.3, 0.4) is 0 Å². The fourth-order valence-corrected chi connectivity index (χ4v) is 3.20. The Morgan fingerprint density at radius 2 is 2.23 bits per heavy atom. The van der Waals surface area contributed by atoms with Gasteiger partial charge in [-0.2, -0.15) is 0 Å². The lowest BCUT2D eigenvalue weighted by Crippen LogP contribution is -2.35. The fourth-order valence-electron chi connectivity index (χ4n) is 2.72. The minimum atomic E-state index is -0.111.